The number of rotatable bonds is 8. The van der Waals surface area contributed by atoms with Crippen LogP contribution in [-0.4, -0.2) is 63.0 Å². The van der Waals surface area contributed by atoms with Crippen LogP contribution in [0.15, 0.2) is 55.1 Å². The summed E-state index contributed by atoms with van der Waals surface area (Å²) >= 11 is 0. The second kappa shape index (κ2) is 10.4. The maximum atomic E-state index is 14.6. The van der Waals surface area contributed by atoms with E-state index in [9.17, 15) is 13.9 Å². The van der Waals surface area contributed by atoms with Crippen LogP contribution in [-0.2, 0) is 12.1 Å². The third-order valence-electron chi connectivity index (χ3n) is 6.39. The zero-order valence-corrected chi connectivity index (χ0v) is 19.1. The Morgan fingerprint density at radius 1 is 1.18 bits per heavy atom. The van der Waals surface area contributed by atoms with Crippen LogP contribution in [0, 0.1) is 23.0 Å². The van der Waals surface area contributed by atoms with E-state index in [0.717, 1.165) is 38.1 Å². The summed E-state index contributed by atoms with van der Waals surface area (Å²) < 4.78 is 29.6. The summed E-state index contributed by atoms with van der Waals surface area (Å²) in [6.45, 7) is 2.50. The number of nitrogens with zero attached hydrogens (tertiary/aromatic N) is 6. The first kappa shape index (κ1) is 24.0. The van der Waals surface area contributed by atoms with E-state index in [4.69, 9.17) is 5.26 Å². The highest BCUT2D eigenvalue weighted by Gasteiger charge is 2.35. The van der Waals surface area contributed by atoms with E-state index in [0.29, 0.717) is 18.2 Å². The lowest BCUT2D eigenvalue weighted by molar-refractivity contribution is -0.0285. The molecule has 4 rings (SSSR count). The van der Waals surface area contributed by atoms with Gasteiger partial charge in [0.15, 0.2) is 0 Å². The minimum atomic E-state index is -1.62. The summed E-state index contributed by atoms with van der Waals surface area (Å²) in [7, 11) is 1.88. The fourth-order valence-corrected chi connectivity index (χ4v) is 4.75. The van der Waals surface area contributed by atoms with Crippen molar-refractivity contribution in [2.45, 2.75) is 30.9 Å². The van der Waals surface area contributed by atoms with Crippen molar-refractivity contribution in [3.63, 3.8) is 0 Å². The Kier molecular flexibility index (Phi) is 7.32. The van der Waals surface area contributed by atoms with Crippen molar-refractivity contribution >= 4 is 0 Å². The van der Waals surface area contributed by atoms with E-state index in [-0.39, 0.29) is 18.7 Å². The Bertz CT molecular complexity index is 1120. The van der Waals surface area contributed by atoms with Gasteiger partial charge in [-0.25, -0.2) is 18.4 Å². The van der Waals surface area contributed by atoms with Gasteiger partial charge in [0, 0.05) is 18.2 Å². The van der Waals surface area contributed by atoms with E-state index in [2.05, 4.69) is 21.1 Å². The van der Waals surface area contributed by atoms with Crippen LogP contribution in [0.2, 0.25) is 0 Å². The van der Waals surface area contributed by atoms with Gasteiger partial charge in [0.2, 0.25) is 0 Å². The Hall–Kier alpha value is -3.19. The number of benzene rings is 2. The number of halogens is 2. The number of hydrogen-bond acceptors (Lipinski definition) is 6. The molecule has 0 spiro atoms. The summed E-state index contributed by atoms with van der Waals surface area (Å²) in [6, 6.07) is 13.2. The zero-order valence-electron chi connectivity index (χ0n) is 19.1. The maximum absolute atomic E-state index is 14.6. The van der Waals surface area contributed by atoms with Crippen molar-refractivity contribution < 1.29 is 13.9 Å². The molecule has 2 heterocycles. The van der Waals surface area contributed by atoms with Crippen molar-refractivity contribution in [1.29, 1.82) is 5.26 Å². The summed E-state index contributed by atoms with van der Waals surface area (Å²) in [5.74, 6) is -1.03. The van der Waals surface area contributed by atoms with Gasteiger partial charge in [0.05, 0.1) is 24.8 Å². The maximum Gasteiger partial charge on any atom is 0.137 e. The molecule has 1 atom stereocenters. The normalized spacial score (nSPS) is 16.9. The molecule has 1 saturated heterocycles. The minimum absolute atomic E-state index is 0.0132. The van der Waals surface area contributed by atoms with E-state index in [1.807, 2.05) is 36.2 Å². The molecule has 0 saturated carbocycles. The summed E-state index contributed by atoms with van der Waals surface area (Å²) in [5, 5.41) is 24.6. The fraction of sp³-hybridized carbons (Fsp3) is 0.400. The standard InChI is InChI=1S/C25H28F2N6O/c1-31(18-32-10-8-21(9-11-32)20-4-2-19(13-28)3-5-20)14-25(34,15-33-17-29-16-30-33)23-7-6-22(26)12-24(23)27/h2-7,12,16-17,21,34H,8-11,14-15,18H2,1H3. The quantitative estimate of drug-likeness (QED) is 0.550. The van der Waals surface area contributed by atoms with Crippen molar-refractivity contribution in [2.24, 2.45) is 0 Å². The Balaban J connectivity index is 1.40. The number of piperidine rings is 1. The molecule has 178 valence electrons. The monoisotopic (exact) mass is 466 g/mol. The molecule has 3 aromatic rings. The third kappa shape index (κ3) is 5.65. The lowest BCUT2D eigenvalue weighted by atomic mass is 9.89. The smallest absolute Gasteiger partial charge is 0.137 e. The van der Waals surface area contributed by atoms with Crippen LogP contribution in [0.5, 0.6) is 0 Å². The predicted molar refractivity (Wildman–Crippen MR) is 122 cm³/mol. The van der Waals surface area contributed by atoms with Crippen LogP contribution < -0.4 is 0 Å². The highest BCUT2D eigenvalue weighted by molar-refractivity contribution is 5.33. The summed E-state index contributed by atoms with van der Waals surface area (Å²) in [4.78, 5) is 8.15. The molecule has 0 aliphatic carbocycles. The molecular weight excluding hydrogens is 438 g/mol. The molecule has 0 bridgehead atoms. The second-order valence-electron chi connectivity index (χ2n) is 9.03. The van der Waals surface area contributed by atoms with Gasteiger partial charge in [-0.05, 0) is 62.7 Å². The third-order valence-corrected chi connectivity index (χ3v) is 6.39. The molecule has 1 aromatic heterocycles. The largest absolute Gasteiger partial charge is 0.382 e. The molecule has 1 aliphatic heterocycles. The summed E-state index contributed by atoms with van der Waals surface area (Å²) in [5.41, 5.74) is 0.316. The highest BCUT2D eigenvalue weighted by atomic mass is 19.1. The van der Waals surface area contributed by atoms with Gasteiger partial charge in [0.25, 0.3) is 0 Å². The molecule has 1 aliphatic rings. The average molecular weight is 467 g/mol. The number of likely N-dealkylation sites (tertiary alicyclic amines) is 1. The Labute approximate surface area is 197 Å². The van der Waals surface area contributed by atoms with E-state index >= 15 is 0 Å². The van der Waals surface area contributed by atoms with Crippen molar-refractivity contribution in [3.05, 3.63) is 83.4 Å². The SMILES string of the molecule is CN(CN1CCC(c2ccc(C#N)cc2)CC1)CC(O)(Cn1cncn1)c1ccc(F)cc1F. The molecule has 7 nitrogen and oxygen atoms in total. The number of nitriles is 1. The highest BCUT2D eigenvalue weighted by Crippen LogP contribution is 2.30. The first-order valence-electron chi connectivity index (χ1n) is 11.3. The molecule has 2 aromatic carbocycles. The van der Waals surface area contributed by atoms with E-state index in [1.165, 1.54) is 29.0 Å². The van der Waals surface area contributed by atoms with Crippen LogP contribution >= 0.6 is 0 Å². The number of aliphatic hydroxyl groups is 1. The number of aromatic nitrogens is 3. The molecule has 1 fully saturated rings. The fourth-order valence-electron chi connectivity index (χ4n) is 4.75. The predicted octanol–water partition coefficient (Wildman–Crippen LogP) is 3.08. The van der Waals surface area contributed by atoms with Crippen LogP contribution in [0.3, 0.4) is 0 Å². The minimum Gasteiger partial charge on any atom is -0.382 e. The van der Waals surface area contributed by atoms with Gasteiger partial charge in [0.1, 0.15) is 29.9 Å². The van der Waals surface area contributed by atoms with Gasteiger partial charge >= 0.3 is 0 Å². The van der Waals surface area contributed by atoms with Crippen molar-refractivity contribution in [3.8, 4) is 6.07 Å². The Morgan fingerprint density at radius 3 is 2.53 bits per heavy atom. The molecule has 1 N–H and O–H groups in total. The molecule has 0 radical (unpaired) electrons. The van der Waals surface area contributed by atoms with Crippen LogP contribution in [0.25, 0.3) is 0 Å². The molecule has 34 heavy (non-hydrogen) atoms. The van der Waals surface area contributed by atoms with Gasteiger partial charge in [-0.2, -0.15) is 10.4 Å². The lowest BCUT2D eigenvalue weighted by Crippen LogP contribution is -2.48. The zero-order chi connectivity index (χ0) is 24.1. The van der Waals surface area contributed by atoms with Gasteiger partial charge < -0.3 is 5.11 Å². The summed E-state index contributed by atoms with van der Waals surface area (Å²) in [6.07, 6.45) is 4.80. The van der Waals surface area contributed by atoms with Crippen molar-refractivity contribution in [2.75, 3.05) is 33.4 Å². The number of likely N-dealkylation sites (N-methyl/N-ethyl adjacent to an activating group) is 1. The number of hydrogen-bond donors (Lipinski definition) is 1. The van der Waals surface area contributed by atoms with Crippen LogP contribution in [0.4, 0.5) is 8.78 Å². The lowest BCUT2D eigenvalue weighted by Gasteiger charge is -2.38. The van der Waals surface area contributed by atoms with Crippen LogP contribution in [0.1, 0.15) is 35.4 Å². The van der Waals surface area contributed by atoms with Gasteiger partial charge in [-0.3, -0.25) is 9.80 Å². The first-order chi connectivity index (χ1) is 16.4. The topological polar surface area (TPSA) is 81.2 Å². The van der Waals surface area contributed by atoms with Gasteiger partial charge in [-0.15, -0.1) is 0 Å². The second-order valence-corrected chi connectivity index (χ2v) is 9.03. The average Bonchev–Trinajstić information content (AvgIpc) is 3.32. The molecular formula is C25H28F2N6O. The van der Waals surface area contributed by atoms with Crippen molar-refractivity contribution in [1.82, 2.24) is 24.6 Å². The molecule has 1 unspecified atom stereocenters. The molecule has 0 amide bonds. The molecule has 9 heteroatoms. The first-order valence-corrected chi connectivity index (χ1v) is 11.3. The Morgan fingerprint density at radius 2 is 1.91 bits per heavy atom. The van der Waals surface area contributed by atoms with E-state index in [1.54, 1.807) is 0 Å². The van der Waals surface area contributed by atoms with E-state index < -0.39 is 17.2 Å². The van der Waals surface area contributed by atoms with Gasteiger partial charge in [-0.1, -0.05) is 18.2 Å².